The Morgan fingerprint density at radius 2 is 1.39 bits per heavy atom. The molecule has 0 aromatic carbocycles. The van der Waals surface area contributed by atoms with Crippen molar-refractivity contribution >= 4 is 11.9 Å². The molecule has 4 nitrogen and oxygen atoms in total. The summed E-state index contributed by atoms with van der Waals surface area (Å²) in [6.45, 7) is 9.23. The zero-order chi connectivity index (χ0) is 17.2. The summed E-state index contributed by atoms with van der Waals surface area (Å²) in [6.07, 6.45) is 6.64. The van der Waals surface area contributed by atoms with Crippen LogP contribution < -0.4 is 0 Å². The van der Waals surface area contributed by atoms with Crippen molar-refractivity contribution in [2.75, 3.05) is 13.2 Å². The molecule has 0 amide bonds. The average molecular weight is 326 g/mol. The average Bonchev–Trinajstić information content (AvgIpc) is 2.84. The summed E-state index contributed by atoms with van der Waals surface area (Å²) in [7, 11) is 0. The molecule has 23 heavy (non-hydrogen) atoms. The highest BCUT2D eigenvalue weighted by Crippen LogP contribution is 2.45. The van der Waals surface area contributed by atoms with Crippen LogP contribution in [0.15, 0.2) is 0 Å². The maximum atomic E-state index is 12.6. The van der Waals surface area contributed by atoms with Crippen molar-refractivity contribution in [3.63, 3.8) is 0 Å². The van der Waals surface area contributed by atoms with Gasteiger partial charge in [-0.1, -0.05) is 47.0 Å². The highest BCUT2D eigenvalue weighted by atomic mass is 16.5. The van der Waals surface area contributed by atoms with Gasteiger partial charge in [-0.15, -0.1) is 0 Å². The van der Waals surface area contributed by atoms with E-state index in [2.05, 4.69) is 27.7 Å². The van der Waals surface area contributed by atoms with E-state index in [9.17, 15) is 9.59 Å². The molecule has 4 unspecified atom stereocenters. The molecular weight excluding hydrogens is 292 g/mol. The fourth-order valence-electron chi connectivity index (χ4n) is 3.63. The summed E-state index contributed by atoms with van der Waals surface area (Å²) in [5.74, 6) is -0.633. The van der Waals surface area contributed by atoms with E-state index in [-0.39, 0.29) is 35.6 Å². The molecule has 1 aliphatic carbocycles. The first-order valence-electron chi connectivity index (χ1n) is 9.39. The molecule has 0 spiro atoms. The van der Waals surface area contributed by atoms with Crippen LogP contribution in [-0.2, 0) is 19.1 Å². The second-order valence-electron chi connectivity index (χ2n) is 6.86. The maximum absolute atomic E-state index is 12.6. The van der Waals surface area contributed by atoms with Gasteiger partial charge in [0.1, 0.15) is 0 Å². The maximum Gasteiger partial charge on any atom is 0.310 e. The summed E-state index contributed by atoms with van der Waals surface area (Å²) in [5, 5.41) is 0. The highest BCUT2D eigenvalue weighted by molar-refractivity contribution is 5.83. The molecule has 4 heteroatoms. The van der Waals surface area contributed by atoms with Crippen molar-refractivity contribution in [3.05, 3.63) is 0 Å². The van der Waals surface area contributed by atoms with E-state index in [1.807, 2.05) is 0 Å². The molecule has 0 radical (unpaired) electrons. The Morgan fingerprint density at radius 1 is 0.870 bits per heavy atom. The predicted molar refractivity (Wildman–Crippen MR) is 90.9 cm³/mol. The van der Waals surface area contributed by atoms with Crippen molar-refractivity contribution in [3.8, 4) is 0 Å². The molecule has 4 atom stereocenters. The van der Waals surface area contributed by atoms with Crippen LogP contribution in [0.2, 0.25) is 0 Å². The molecule has 0 N–H and O–H groups in total. The third-order valence-corrected chi connectivity index (χ3v) is 4.87. The lowest BCUT2D eigenvalue weighted by Crippen LogP contribution is -2.34. The van der Waals surface area contributed by atoms with Gasteiger partial charge in [0, 0.05) is 0 Å². The molecule has 0 aromatic rings. The number of ether oxygens (including phenoxy) is 2. The van der Waals surface area contributed by atoms with Gasteiger partial charge in [0.2, 0.25) is 0 Å². The first-order chi connectivity index (χ1) is 11.1. The largest absolute Gasteiger partial charge is 0.465 e. The summed E-state index contributed by atoms with van der Waals surface area (Å²) in [6, 6.07) is 0. The highest BCUT2D eigenvalue weighted by Gasteiger charge is 2.49. The second-order valence-corrected chi connectivity index (χ2v) is 6.86. The van der Waals surface area contributed by atoms with Crippen LogP contribution in [0.25, 0.3) is 0 Å². The van der Waals surface area contributed by atoms with E-state index in [1.54, 1.807) is 0 Å². The molecule has 0 aliphatic heterocycles. The van der Waals surface area contributed by atoms with E-state index in [0.29, 0.717) is 13.2 Å². The van der Waals surface area contributed by atoms with Crippen LogP contribution in [0, 0.1) is 23.7 Å². The van der Waals surface area contributed by atoms with Crippen LogP contribution >= 0.6 is 0 Å². The lowest BCUT2D eigenvalue weighted by Gasteiger charge is -2.23. The lowest BCUT2D eigenvalue weighted by molar-refractivity contribution is -0.162. The first kappa shape index (κ1) is 20.0. The molecule has 0 aromatic heterocycles. The van der Waals surface area contributed by atoms with E-state index < -0.39 is 0 Å². The number of hydrogen-bond donors (Lipinski definition) is 0. The van der Waals surface area contributed by atoms with Crippen LogP contribution in [0.1, 0.15) is 72.6 Å². The minimum atomic E-state index is -0.336. The van der Waals surface area contributed by atoms with Gasteiger partial charge in [0.25, 0.3) is 0 Å². The molecular formula is C19H34O4. The smallest absolute Gasteiger partial charge is 0.310 e. The van der Waals surface area contributed by atoms with E-state index in [1.165, 1.54) is 0 Å². The Labute approximate surface area is 141 Å². The minimum Gasteiger partial charge on any atom is -0.465 e. The Balaban J connectivity index is 2.77. The monoisotopic (exact) mass is 326 g/mol. The fraction of sp³-hybridized carbons (Fsp3) is 0.895. The van der Waals surface area contributed by atoms with Gasteiger partial charge in [-0.25, -0.2) is 0 Å². The van der Waals surface area contributed by atoms with E-state index >= 15 is 0 Å². The van der Waals surface area contributed by atoms with Crippen molar-refractivity contribution in [1.29, 1.82) is 0 Å². The van der Waals surface area contributed by atoms with Crippen molar-refractivity contribution < 1.29 is 19.1 Å². The number of hydrogen-bond acceptors (Lipinski definition) is 4. The Kier molecular flexibility index (Phi) is 9.27. The lowest BCUT2D eigenvalue weighted by atomic mass is 9.85. The zero-order valence-electron chi connectivity index (χ0n) is 15.3. The van der Waals surface area contributed by atoms with Crippen LogP contribution in [0.5, 0.6) is 0 Å². The number of carbonyl (C=O) groups excluding carboxylic acids is 2. The van der Waals surface area contributed by atoms with Gasteiger partial charge in [0.15, 0.2) is 0 Å². The topological polar surface area (TPSA) is 52.6 Å². The molecule has 0 saturated heterocycles. The molecule has 134 valence electrons. The minimum absolute atomic E-state index is 0.185. The van der Waals surface area contributed by atoms with Gasteiger partial charge in [-0.2, -0.15) is 0 Å². The van der Waals surface area contributed by atoms with E-state index in [4.69, 9.17) is 9.47 Å². The van der Waals surface area contributed by atoms with Gasteiger partial charge in [-0.05, 0) is 37.5 Å². The quantitative estimate of drug-likeness (QED) is 0.442. The molecule has 0 bridgehead atoms. The van der Waals surface area contributed by atoms with Crippen molar-refractivity contribution in [1.82, 2.24) is 0 Å². The molecule has 1 aliphatic rings. The molecule has 1 saturated carbocycles. The van der Waals surface area contributed by atoms with Crippen LogP contribution in [0.4, 0.5) is 0 Å². The number of esters is 2. The summed E-state index contributed by atoms with van der Waals surface area (Å²) in [5.41, 5.74) is 0. The van der Waals surface area contributed by atoms with Gasteiger partial charge in [-0.3, -0.25) is 9.59 Å². The number of unbranched alkanes of at least 4 members (excludes halogenated alkanes) is 2. The Bertz CT molecular complexity index is 366. The second kappa shape index (κ2) is 10.7. The van der Waals surface area contributed by atoms with E-state index in [0.717, 1.165) is 44.9 Å². The standard InChI is InChI=1S/C19H34O4/c1-5-8-11-22-18(20)16-14(4)13-15(10-7-3)17(16)19(21)23-12-9-6-2/h14-17H,5-13H2,1-4H3. The van der Waals surface area contributed by atoms with Crippen molar-refractivity contribution in [2.45, 2.75) is 72.6 Å². The predicted octanol–water partition coefficient (Wildman–Crippen LogP) is 4.36. The SMILES string of the molecule is CCCCOC(=O)C1C(C)CC(CCC)C1C(=O)OCCCC. The summed E-state index contributed by atoms with van der Waals surface area (Å²) >= 11 is 0. The van der Waals surface area contributed by atoms with Crippen LogP contribution in [0.3, 0.4) is 0 Å². The van der Waals surface area contributed by atoms with Crippen LogP contribution in [-0.4, -0.2) is 25.2 Å². The van der Waals surface area contributed by atoms with Gasteiger partial charge in [0.05, 0.1) is 25.0 Å². The number of carbonyl (C=O) groups is 2. The van der Waals surface area contributed by atoms with Crippen molar-refractivity contribution in [2.24, 2.45) is 23.7 Å². The van der Waals surface area contributed by atoms with Gasteiger partial charge >= 0.3 is 11.9 Å². The molecule has 0 heterocycles. The normalized spacial score (nSPS) is 27.0. The Hall–Kier alpha value is -1.06. The summed E-state index contributed by atoms with van der Waals surface area (Å²) < 4.78 is 10.9. The zero-order valence-corrected chi connectivity index (χ0v) is 15.3. The molecule has 1 fully saturated rings. The fourth-order valence-corrected chi connectivity index (χ4v) is 3.63. The molecule has 1 rings (SSSR count). The Morgan fingerprint density at radius 3 is 1.87 bits per heavy atom. The third kappa shape index (κ3) is 5.82. The number of rotatable bonds is 10. The van der Waals surface area contributed by atoms with Gasteiger partial charge < -0.3 is 9.47 Å². The summed E-state index contributed by atoms with van der Waals surface area (Å²) in [4.78, 5) is 25.1. The third-order valence-electron chi connectivity index (χ3n) is 4.87. The first-order valence-corrected chi connectivity index (χ1v) is 9.39.